The molecule has 0 unspecified atom stereocenters. The lowest BCUT2D eigenvalue weighted by atomic mass is 10.0. The van der Waals surface area contributed by atoms with Gasteiger partial charge in [-0.3, -0.25) is 14.9 Å². The van der Waals surface area contributed by atoms with E-state index < -0.39 is 17.6 Å². The summed E-state index contributed by atoms with van der Waals surface area (Å²) in [4.78, 5) is 22.2. The Kier molecular flexibility index (Phi) is 4.45. The van der Waals surface area contributed by atoms with Crippen molar-refractivity contribution in [1.29, 1.82) is 0 Å². The molecule has 4 nitrogen and oxygen atoms in total. The van der Waals surface area contributed by atoms with Crippen LogP contribution in [-0.4, -0.2) is 16.9 Å². The predicted molar refractivity (Wildman–Crippen MR) is 67.9 cm³/mol. The highest BCUT2D eigenvalue weighted by molar-refractivity contribution is 8.93. The first kappa shape index (κ1) is 13.4. The number of benzene rings is 1. The smallest absolute Gasteiger partial charge is 0.293 e. The highest BCUT2D eigenvalue weighted by Gasteiger charge is 2.29. The van der Waals surface area contributed by atoms with Crippen molar-refractivity contribution in [3.8, 4) is 0 Å². The van der Waals surface area contributed by atoms with Gasteiger partial charge in [0.2, 0.25) is 0 Å². The number of aliphatic hydroxyl groups is 1. The monoisotopic (exact) mass is 297 g/mol. The normalized spacial score (nSPS) is 14.6. The van der Waals surface area contributed by atoms with E-state index in [0.717, 1.165) is 5.56 Å². The summed E-state index contributed by atoms with van der Waals surface area (Å²) >= 11 is 0. The van der Waals surface area contributed by atoms with Gasteiger partial charge >= 0.3 is 0 Å². The second kappa shape index (κ2) is 5.63. The van der Waals surface area contributed by atoms with Gasteiger partial charge in [-0.25, -0.2) is 0 Å². The summed E-state index contributed by atoms with van der Waals surface area (Å²) in [7, 11) is 0. The van der Waals surface area contributed by atoms with Gasteiger partial charge < -0.3 is 5.11 Å². The topological polar surface area (TPSA) is 66.4 Å². The van der Waals surface area contributed by atoms with Crippen LogP contribution in [-0.2, 0) is 16.0 Å². The van der Waals surface area contributed by atoms with Crippen LogP contribution in [0.15, 0.2) is 41.7 Å². The number of hydrogen-bond acceptors (Lipinski definition) is 3. The van der Waals surface area contributed by atoms with Crippen LogP contribution in [0.4, 0.5) is 0 Å². The molecule has 0 spiro atoms. The Balaban J connectivity index is 0.00000144. The van der Waals surface area contributed by atoms with Crippen LogP contribution < -0.4 is 5.32 Å². The molecule has 0 fully saturated rings. The lowest BCUT2D eigenvalue weighted by Gasteiger charge is -2.00. The highest BCUT2D eigenvalue weighted by atomic mass is 79.9. The minimum Gasteiger partial charge on any atom is -0.503 e. The van der Waals surface area contributed by atoms with E-state index in [0.29, 0.717) is 12.8 Å². The van der Waals surface area contributed by atoms with Crippen molar-refractivity contribution < 1.29 is 14.7 Å². The molecule has 1 aromatic rings. The van der Waals surface area contributed by atoms with Gasteiger partial charge in [-0.15, -0.1) is 17.0 Å². The minimum absolute atomic E-state index is 0. The van der Waals surface area contributed by atoms with E-state index in [4.69, 9.17) is 0 Å². The zero-order valence-electron chi connectivity index (χ0n) is 8.97. The molecule has 0 saturated heterocycles. The van der Waals surface area contributed by atoms with Crippen molar-refractivity contribution in [1.82, 2.24) is 5.32 Å². The Morgan fingerprint density at radius 3 is 2.18 bits per heavy atom. The third-order valence-corrected chi connectivity index (χ3v) is 2.51. The summed E-state index contributed by atoms with van der Waals surface area (Å²) in [6, 6.07) is 9.59. The average molecular weight is 298 g/mol. The lowest BCUT2D eigenvalue weighted by Crippen LogP contribution is -2.23. The summed E-state index contributed by atoms with van der Waals surface area (Å²) in [5.41, 5.74) is 1.24. The zero-order chi connectivity index (χ0) is 11.5. The molecular formula is C12H12BrNO3. The number of rotatable bonds is 3. The van der Waals surface area contributed by atoms with E-state index in [9.17, 15) is 14.7 Å². The lowest BCUT2D eigenvalue weighted by molar-refractivity contribution is -0.125. The van der Waals surface area contributed by atoms with Crippen LogP contribution in [0.2, 0.25) is 0 Å². The molecule has 90 valence electrons. The quantitative estimate of drug-likeness (QED) is 0.834. The summed E-state index contributed by atoms with van der Waals surface area (Å²) in [5, 5.41) is 11.4. The average Bonchev–Trinajstić information content (AvgIpc) is 2.53. The summed E-state index contributed by atoms with van der Waals surface area (Å²) in [6.07, 6.45) is 0.994. The van der Waals surface area contributed by atoms with Gasteiger partial charge in [0.05, 0.1) is 5.57 Å². The standard InChI is InChI=1S/C12H11NO3.BrH/c14-10-9(11(15)13-12(10)16)7-6-8-4-2-1-3-5-8;/h1-5H,6-7H2,(H2,13,14,15,16);1H. The maximum absolute atomic E-state index is 11.3. The Labute approximate surface area is 109 Å². The molecule has 1 heterocycles. The number of amides is 2. The first-order valence-corrected chi connectivity index (χ1v) is 5.00. The van der Waals surface area contributed by atoms with Crippen LogP contribution in [0.5, 0.6) is 0 Å². The maximum Gasteiger partial charge on any atom is 0.293 e. The summed E-state index contributed by atoms with van der Waals surface area (Å²) < 4.78 is 0. The Hall–Kier alpha value is -1.62. The van der Waals surface area contributed by atoms with Crippen molar-refractivity contribution in [3.63, 3.8) is 0 Å². The van der Waals surface area contributed by atoms with Crippen molar-refractivity contribution >= 4 is 28.8 Å². The number of aryl methyl sites for hydroxylation is 1. The fourth-order valence-corrected chi connectivity index (χ4v) is 1.63. The molecule has 2 amide bonds. The van der Waals surface area contributed by atoms with Crippen LogP contribution in [0.1, 0.15) is 12.0 Å². The molecule has 5 heteroatoms. The molecule has 2 N–H and O–H groups in total. The molecule has 0 aromatic heterocycles. The third-order valence-electron chi connectivity index (χ3n) is 2.51. The van der Waals surface area contributed by atoms with E-state index in [1.165, 1.54) is 0 Å². The maximum atomic E-state index is 11.3. The van der Waals surface area contributed by atoms with Crippen LogP contribution in [0.3, 0.4) is 0 Å². The fraction of sp³-hybridized carbons (Fsp3) is 0.167. The molecule has 0 radical (unpaired) electrons. The molecular weight excluding hydrogens is 286 g/mol. The van der Waals surface area contributed by atoms with Gasteiger partial charge in [0.15, 0.2) is 5.76 Å². The van der Waals surface area contributed by atoms with Crippen molar-refractivity contribution in [2.24, 2.45) is 0 Å². The molecule has 0 aliphatic carbocycles. The van der Waals surface area contributed by atoms with E-state index >= 15 is 0 Å². The van der Waals surface area contributed by atoms with E-state index in [-0.39, 0.29) is 22.6 Å². The Morgan fingerprint density at radius 1 is 1.00 bits per heavy atom. The molecule has 0 bridgehead atoms. The van der Waals surface area contributed by atoms with E-state index in [2.05, 4.69) is 5.32 Å². The van der Waals surface area contributed by atoms with Crippen LogP contribution in [0.25, 0.3) is 0 Å². The number of aliphatic hydroxyl groups excluding tert-OH is 1. The molecule has 2 rings (SSSR count). The van der Waals surface area contributed by atoms with Gasteiger partial charge in [0.1, 0.15) is 0 Å². The number of carbonyl (C=O) groups excluding carboxylic acids is 2. The Bertz CT molecular complexity index is 468. The van der Waals surface area contributed by atoms with Gasteiger partial charge in [0.25, 0.3) is 11.8 Å². The van der Waals surface area contributed by atoms with Crippen molar-refractivity contribution in [2.75, 3.05) is 0 Å². The van der Waals surface area contributed by atoms with Gasteiger partial charge in [-0.1, -0.05) is 30.3 Å². The number of imide groups is 1. The highest BCUT2D eigenvalue weighted by Crippen LogP contribution is 2.16. The van der Waals surface area contributed by atoms with E-state index in [1.54, 1.807) is 0 Å². The molecule has 0 saturated carbocycles. The second-order valence-electron chi connectivity index (χ2n) is 3.60. The van der Waals surface area contributed by atoms with Crippen LogP contribution in [0, 0.1) is 0 Å². The first-order valence-electron chi connectivity index (χ1n) is 5.00. The number of nitrogens with one attached hydrogen (secondary N) is 1. The molecule has 0 atom stereocenters. The summed E-state index contributed by atoms with van der Waals surface area (Å²) in [5.74, 6) is -1.63. The minimum atomic E-state index is -0.701. The largest absolute Gasteiger partial charge is 0.503 e. The first-order chi connectivity index (χ1) is 7.68. The Morgan fingerprint density at radius 2 is 1.65 bits per heavy atom. The predicted octanol–water partition coefficient (Wildman–Crippen LogP) is 1.67. The summed E-state index contributed by atoms with van der Waals surface area (Å²) in [6.45, 7) is 0. The zero-order valence-corrected chi connectivity index (χ0v) is 10.7. The molecule has 1 aliphatic rings. The molecule has 1 aliphatic heterocycles. The van der Waals surface area contributed by atoms with Gasteiger partial charge in [-0.05, 0) is 18.4 Å². The van der Waals surface area contributed by atoms with E-state index in [1.807, 2.05) is 30.3 Å². The third kappa shape index (κ3) is 2.94. The van der Waals surface area contributed by atoms with Crippen molar-refractivity contribution in [2.45, 2.75) is 12.8 Å². The number of halogens is 1. The SMILES string of the molecule is Br.O=C1NC(=O)C(CCc2ccccc2)=C1O. The van der Waals surface area contributed by atoms with Crippen molar-refractivity contribution in [3.05, 3.63) is 47.2 Å². The second-order valence-corrected chi connectivity index (χ2v) is 3.60. The van der Waals surface area contributed by atoms with Crippen LogP contribution >= 0.6 is 17.0 Å². The molecule has 1 aromatic carbocycles. The number of carbonyl (C=O) groups is 2. The fourth-order valence-electron chi connectivity index (χ4n) is 1.63. The van der Waals surface area contributed by atoms with Gasteiger partial charge in [-0.2, -0.15) is 0 Å². The van der Waals surface area contributed by atoms with Gasteiger partial charge in [0, 0.05) is 0 Å². The molecule has 17 heavy (non-hydrogen) atoms. The number of hydrogen-bond donors (Lipinski definition) is 2.